The molecule has 42 heavy (non-hydrogen) atoms. The minimum atomic E-state index is -1.97. The Hall–Kier alpha value is -5.35. The summed E-state index contributed by atoms with van der Waals surface area (Å²) in [6.45, 7) is 0. The van der Waals surface area contributed by atoms with Gasteiger partial charge in [-0.15, -0.1) is 0 Å². The second-order valence-corrected chi connectivity index (χ2v) is 8.86. The molecule has 10 nitrogen and oxygen atoms in total. The van der Waals surface area contributed by atoms with Crippen LogP contribution in [0.3, 0.4) is 0 Å². The molecule has 4 aromatic rings. The number of methoxy groups -OCH3 is 4. The minimum Gasteiger partial charge on any atom is -0.493 e. The molecule has 2 N–H and O–H groups in total. The number of amides is 1. The molecule has 0 aliphatic carbocycles. The molecule has 10 heteroatoms. The Kier molecular flexibility index (Phi) is 9.41. The lowest BCUT2D eigenvalue weighted by Crippen LogP contribution is -2.43. The van der Waals surface area contributed by atoms with Crippen LogP contribution < -0.4 is 29.1 Å². The van der Waals surface area contributed by atoms with Crippen LogP contribution in [-0.2, 0) is 10.4 Å². The second kappa shape index (κ2) is 13.3. The maximum absolute atomic E-state index is 13.2. The first-order valence-electron chi connectivity index (χ1n) is 12.7. The number of benzene rings is 4. The van der Waals surface area contributed by atoms with Crippen LogP contribution in [0.15, 0.2) is 96.1 Å². The summed E-state index contributed by atoms with van der Waals surface area (Å²) in [6, 6.07) is 24.9. The molecule has 4 rings (SSSR count). The van der Waals surface area contributed by atoms with Gasteiger partial charge in [0.2, 0.25) is 5.75 Å². The largest absolute Gasteiger partial charge is 0.493 e. The van der Waals surface area contributed by atoms with Gasteiger partial charge < -0.3 is 28.8 Å². The zero-order valence-electron chi connectivity index (χ0n) is 23.5. The van der Waals surface area contributed by atoms with E-state index in [0.717, 1.165) is 0 Å². The number of hydrogen-bond acceptors (Lipinski definition) is 9. The SMILES string of the molecule is COc1cc(/C=N/NC(=O)C(O)(c2ccccc2)c2ccccc2)ccc1OC(=O)c1cc(OC)c(OC)c(OC)c1. The van der Waals surface area contributed by atoms with Gasteiger partial charge in [0.25, 0.3) is 5.91 Å². The first-order chi connectivity index (χ1) is 20.3. The zero-order chi connectivity index (χ0) is 30.1. The van der Waals surface area contributed by atoms with Gasteiger partial charge in [-0.3, -0.25) is 4.79 Å². The maximum atomic E-state index is 13.2. The van der Waals surface area contributed by atoms with Crippen molar-refractivity contribution in [2.45, 2.75) is 5.60 Å². The molecule has 0 spiro atoms. The van der Waals surface area contributed by atoms with Crippen LogP contribution in [0.1, 0.15) is 27.0 Å². The van der Waals surface area contributed by atoms with Crippen molar-refractivity contribution in [1.29, 1.82) is 0 Å². The van der Waals surface area contributed by atoms with Gasteiger partial charge >= 0.3 is 5.97 Å². The van der Waals surface area contributed by atoms with Crippen LogP contribution in [0.2, 0.25) is 0 Å². The number of hydrogen-bond donors (Lipinski definition) is 2. The molecule has 0 bridgehead atoms. The summed E-state index contributed by atoms with van der Waals surface area (Å²) in [4.78, 5) is 26.2. The number of esters is 1. The lowest BCUT2D eigenvalue weighted by Gasteiger charge is -2.27. The summed E-state index contributed by atoms with van der Waals surface area (Å²) < 4.78 is 26.9. The Balaban J connectivity index is 1.52. The second-order valence-electron chi connectivity index (χ2n) is 8.86. The number of nitrogens with zero attached hydrogens (tertiary/aromatic N) is 1. The van der Waals surface area contributed by atoms with Crippen molar-refractivity contribution in [2.75, 3.05) is 28.4 Å². The number of rotatable bonds is 11. The molecule has 0 aliphatic rings. The highest BCUT2D eigenvalue weighted by Crippen LogP contribution is 2.39. The highest BCUT2D eigenvalue weighted by Gasteiger charge is 2.39. The summed E-state index contributed by atoms with van der Waals surface area (Å²) in [7, 11) is 5.78. The number of ether oxygens (including phenoxy) is 5. The van der Waals surface area contributed by atoms with Crippen LogP contribution in [0.25, 0.3) is 0 Å². The van der Waals surface area contributed by atoms with Gasteiger partial charge in [-0.2, -0.15) is 5.10 Å². The molecule has 0 fully saturated rings. The molecular weight excluding hydrogens is 540 g/mol. The highest BCUT2D eigenvalue weighted by molar-refractivity contribution is 5.93. The van der Waals surface area contributed by atoms with Gasteiger partial charge in [0.1, 0.15) is 0 Å². The third kappa shape index (κ3) is 6.18. The van der Waals surface area contributed by atoms with Gasteiger partial charge in [0, 0.05) is 0 Å². The average molecular weight is 571 g/mol. The lowest BCUT2D eigenvalue weighted by atomic mass is 9.85. The van der Waals surface area contributed by atoms with Crippen molar-refractivity contribution < 1.29 is 38.4 Å². The van der Waals surface area contributed by atoms with Crippen LogP contribution in [0.4, 0.5) is 0 Å². The lowest BCUT2D eigenvalue weighted by molar-refractivity contribution is -0.136. The number of carbonyl (C=O) groups is 2. The van der Waals surface area contributed by atoms with Gasteiger partial charge in [-0.05, 0) is 47.0 Å². The molecule has 0 aliphatic heterocycles. The quantitative estimate of drug-likeness (QED) is 0.118. The van der Waals surface area contributed by atoms with E-state index in [1.54, 1.807) is 72.8 Å². The number of aliphatic hydroxyl groups is 1. The molecular formula is C32H30N2O8. The van der Waals surface area contributed by atoms with E-state index in [1.165, 1.54) is 52.9 Å². The molecule has 0 aromatic heterocycles. The van der Waals surface area contributed by atoms with E-state index < -0.39 is 17.5 Å². The van der Waals surface area contributed by atoms with Crippen molar-refractivity contribution in [2.24, 2.45) is 5.10 Å². The van der Waals surface area contributed by atoms with Crippen LogP contribution in [0, 0.1) is 0 Å². The van der Waals surface area contributed by atoms with E-state index in [4.69, 9.17) is 23.7 Å². The van der Waals surface area contributed by atoms with Crippen LogP contribution in [-0.4, -0.2) is 51.6 Å². The number of carbonyl (C=O) groups excluding carboxylic acids is 2. The predicted octanol–water partition coefficient (Wildman–Crippen LogP) is 4.33. The fourth-order valence-electron chi connectivity index (χ4n) is 4.24. The van der Waals surface area contributed by atoms with Gasteiger partial charge in [-0.1, -0.05) is 60.7 Å². The first kappa shape index (κ1) is 29.6. The fourth-order valence-corrected chi connectivity index (χ4v) is 4.24. The molecule has 0 unspecified atom stereocenters. The molecule has 216 valence electrons. The predicted molar refractivity (Wildman–Crippen MR) is 156 cm³/mol. The summed E-state index contributed by atoms with van der Waals surface area (Å²) >= 11 is 0. The number of nitrogens with one attached hydrogen (secondary N) is 1. The Labute approximate surface area is 243 Å². The van der Waals surface area contributed by atoms with E-state index in [0.29, 0.717) is 33.9 Å². The van der Waals surface area contributed by atoms with Crippen LogP contribution in [0.5, 0.6) is 28.7 Å². The molecule has 0 atom stereocenters. The Morgan fingerprint density at radius 2 is 1.26 bits per heavy atom. The normalized spacial score (nSPS) is 11.1. The van der Waals surface area contributed by atoms with Crippen molar-refractivity contribution in [3.8, 4) is 28.7 Å². The Morgan fingerprint density at radius 1 is 0.714 bits per heavy atom. The molecule has 4 aromatic carbocycles. The van der Waals surface area contributed by atoms with Crippen molar-refractivity contribution in [3.05, 3.63) is 113 Å². The summed E-state index contributed by atoms with van der Waals surface area (Å²) in [5, 5.41) is 15.6. The smallest absolute Gasteiger partial charge is 0.343 e. The third-order valence-corrected chi connectivity index (χ3v) is 6.38. The van der Waals surface area contributed by atoms with E-state index >= 15 is 0 Å². The van der Waals surface area contributed by atoms with Gasteiger partial charge in [-0.25, -0.2) is 10.2 Å². The van der Waals surface area contributed by atoms with E-state index in [2.05, 4.69) is 10.5 Å². The topological polar surface area (TPSA) is 125 Å². The van der Waals surface area contributed by atoms with Crippen molar-refractivity contribution in [1.82, 2.24) is 5.43 Å². The molecule has 0 saturated carbocycles. The first-order valence-corrected chi connectivity index (χ1v) is 12.7. The van der Waals surface area contributed by atoms with Crippen LogP contribution >= 0.6 is 0 Å². The van der Waals surface area contributed by atoms with E-state index in [-0.39, 0.29) is 17.1 Å². The van der Waals surface area contributed by atoms with Crippen molar-refractivity contribution in [3.63, 3.8) is 0 Å². The Morgan fingerprint density at radius 3 is 1.76 bits per heavy atom. The zero-order valence-corrected chi connectivity index (χ0v) is 23.5. The van der Waals surface area contributed by atoms with Gasteiger partial charge in [0.15, 0.2) is 28.6 Å². The molecule has 1 amide bonds. The van der Waals surface area contributed by atoms with Gasteiger partial charge in [0.05, 0.1) is 40.2 Å². The monoisotopic (exact) mass is 570 g/mol. The van der Waals surface area contributed by atoms with E-state index in [1.807, 2.05) is 0 Å². The summed E-state index contributed by atoms with van der Waals surface area (Å²) in [6.07, 6.45) is 1.38. The molecule has 0 radical (unpaired) electrons. The van der Waals surface area contributed by atoms with E-state index in [9.17, 15) is 14.7 Å². The van der Waals surface area contributed by atoms with Crippen molar-refractivity contribution >= 4 is 18.1 Å². The third-order valence-electron chi connectivity index (χ3n) is 6.38. The fraction of sp³-hybridized carbons (Fsp3) is 0.156. The summed E-state index contributed by atoms with van der Waals surface area (Å²) in [5.41, 5.74) is 1.94. The average Bonchev–Trinajstić information content (AvgIpc) is 3.04. The highest BCUT2D eigenvalue weighted by atomic mass is 16.6. The molecule has 0 saturated heterocycles. The maximum Gasteiger partial charge on any atom is 0.343 e. The number of hydrazone groups is 1. The minimum absolute atomic E-state index is 0.153. The summed E-state index contributed by atoms with van der Waals surface area (Å²) in [5.74, 6) is -0.0695. The Bertz CT molecular complexity index is 1510. The molecule has 0 heterocycles. The standard InChI is InChI=1S/C32H30N2O8/c1-38-26-17-21(15-16-25(26)42-30(35)22-18-27(39-2)29(41-4)28(19-22)40-3)20-33-34-31(36)32(37,23-11-7-5-8-12-23)24-13-9-6-10-14-24/h5-20,37H,1-4H3,(H,34,36)/b33-20+.